The van der Waals surface area contributed by atoms with E-state index in [9.17, 15) is 4.79 Å². The van der Waals surface area contributed by atoms with Gasteiger partial charge in [-0.3, -0.25) is 4.79 Å². The fourth-order valence-corrected chi connectivity index (χ4v) is 2.56. The Morgan fingerprint density at radius 1 is 1.38 bits per heavy atom. The molecule has 0 spiro atoms. The van der Waals surface area contributed by atoms with Gasteiger partial charge in [0.25, 0.3) is 0 Å². The summed E-state index contributed by atoms with van der Waals surface area (Å²) in [5.41, 5.74) is 7.78. The number of benzene rings is 1. The topological polar surface area (TPSA) is 43.1 Å². The van der Waals surface area contributed by atoms with E-state index >= 15 is 0 Å². The van der Waals surface area contributed by atoms with Crippen LogP contribution in [0.2, 0.25) is 5.02 Å². The summed E-state index contributed by atoms with van der Waals surface area (Å²) in [6, 6.07) is 7.03. The van der Waals surface area contributed by atoms with Crippen LogP contribution in [0.25, 0.3) is 0 Å². The van der Waals surface area contributed by atoms with Crippen LogP contribution in [0.1, 0.15) is 20.8 Å². The van der Waals surface area contributed by atoms with Gasteiger partial charge in [0.1, 0.15) is 0 Å². The highest BCUT2D eigenvalue weighted by Crippen LogP contribution is 2.26. The molecular weight excluding hydrogens is 242 g/mol. The van der Waals surface area contributed by atoms with E-state index in [1.165, 1.54) is 11.3 Å². The number of anilines is 1. The molecule has 0 amide bonds. The number of hydrogen-bond acceptors (Lipinski definition) is 3. The van der Waals surface area contributed by atoms with E-state index in [4.69, 9.17) is 17.3 Å². The zero-order valence-electron chi connectivity index (χ0n) is 8.66. The Balaban J connectivity index is 2.49. The van der Waals surface area contributed by atoms with Crippen molar-refractivity contribution in [3.63, 3.8) is 0 Å². The van der Waals surface area contributed by atoms with Crippen molar-refractivity contribution in [1.82, 2.24) is 0 Å². The number of aryl methyl sites for hydroxylation is 1. The molecule has 2 rings (SSSR count). The predicted molar refractivity (Wildman–Crippen MR) is 68.4 cm³/mol. The van der Waals surface area contributed by atoms with Crippen LogP contribution in [-0.4, -0.2) is 5.78 Å². The van der Waals surface area contributed by atoms with E-state index in [0.29, 0.717) is 21.2 Å². The monoisotopic (exact) mass is 251 g/mol. The first kappa shape index (κ1) is 11.2. The predicted octanol–water partition coefficient (Wildman–Crippen LogP) is 3.52. The van der Waals surface area contributed by atoms with Crippen LogP contribution in [0.15, 0.2) is 29.6 Å². The lowest BCUT2D eigenvalue weighted by molar-refractivity contribution is 0.104. The molecule has 0 saturated heterocycles. The first-order valence-corrected chi connectivity index (χ1v) is 5.99. The van der Waals surface area contributed by atoms with Crippen LogP contribution < -0.4 is 5.73 Å². The lowest BCUT2D eigenvalue weighted by Crippen LogP contribution is -2.03. The SMILES string of the molecule is Cc1ccc(N)cc1C(=O)c1sccc1Cl. The van der Waals surface area contributed by atoms with Crippen molar-refractivity contribution in [3.8, 4) is 0 Å². The molecule has 0 saturated carbocycles. The van der Waals surface area contributed by atoms with E-state index in [2.05, 4.69) is 0 Å². The van der Waals surface area contributed by atoms with Crippen LogP contribution in [-0.2, 0) is 0 Å². The van der Waals surface area contributed by atoms with Crippen LogP contribution in [0.4, 0.5) is 5.69 Å². The van der Waals surface area contributed by atoms with E-state index in [0.717, 1.165) is 5.56 Å². The molecule has 4 heteroatoms. The van der Waals surface area contributed by atoms with Crippen LogP contribution in [0.3, 0.4) is 0 Å². The Kier molecular flexibility index (Phi) is 2.99. The minimum Gasteiger partial charge on any atom is -0.399 e. The van der Waals surface area contributed by atoms with Gasteiger partial charge < -0.3 is 5.73 Å². The van der Waals surface area contributed by atoms with Gasteiger partial charge in [-0.25, -0.2) is 0 Å². The van der Waals surface area contributed by atoms with Crippen molar-refractivity contribution in [2.24, 2.45) is 0 Å². The summed E-state index contributed by atoms with van der Waals surface area (Å²) in [7, 11) is 0. The summed E-state index contributed by atoms with van der Waals surface area (Å²) in [5, 5.41) is 2.30. The second-order valence-electron chi connectivity index (χ2n) is 3.50. The van der Waals surface area contributed by atoms with Crippen molar-refractivity contribution < 1.29 is 4.79 Å². The van der Waals surface area contributed by atoms with E-state index < -0.39 is 0 Å². The van der Waals surface area contributed by atoms with Gasteiger partial charge in [0, 0.05) is 11.3 Å². The second kappa shape index (κ2) is 4.28. The number of rotatable bonds is 2. The lowest BCUT2D eigenvalue weighted by atomic mass is 10.0. The first-order valence-electron chi connectivity index (χ1n) is 4.73. The summed E-state index contributed by atoms with van der Waals surface area (Å²) in [6.45, 7) is 1.88. The number of halogens is 1. The Bertz CT molecular complexity index is 548. The molecule has 1 heterocycles. The largest absolute Gasteiger partial charge is 0.399 e. The van der Waals surface area contributed by atoms with E-state index in [-0.39, 0.29) is 5.78 Å². The lowest BCUT2D eigenvalue weighted by Gasteiger charge is -2.04. The quantitative estimate of drug-likeness (QED) is 0.656. The van der Waals surface area contributed by atoms with Gasteiger partial charge in [-0.05, 0) is 36.1 Å². The summed E-state index contributed by atoms with van der Waals surface area (Å²) in [5.74, 6) is -0.0650. The number of carbonyl (C=O) groups is 1. The second-order valence-corrected chi connectivity index (χ2v) is 4.82. The summed E-state index contributed by atoms with van der Waals surface area (Å²) < 4.78 is 0. The van der Waals surface area contributed by atoms with E-state index in [1.54, 1.807) is 23.6 Å². The Labute approximate surface area is 103 Å². The smallest absolute Gasteiger partial charge is 0.204 e. The van der Waals surface area contributed by atoms with Gasteiger partial charge in [-0.15, -0.1) is 11.3 Å². The van der Waals surface area contributed by atoms with Crippen molar-refractivity contribution in [2.75, 3.05) is 5.73 Å². The highest BCUT2D eigenvalue weighted by molar-refractivity contribution is 7.13. The molecule has 0 radical (unpaired) electrons. The molecule has 0 unspecified atom stereocenters. The fourth-order valence-electron chi connectivity index (χ4n) is 1.46. The van der Waals surface area contributed by atoms with Gasteiger partial charge in [0.05, 0.1) is 9.90 Å². The standard InChI is InChI=1S/C12H10ClNOS/c1-7-2-3-8(14)6-9(7)11(15)12-10(13)4-5-16-12/h2-6H,14H2,1H3. The zero-order valence-corrected chi connectivity index (χ0v) is 10.2. The maximum absolute atomic E-state index is 12.2. The highest BCUT2D eigenvalue weighted by atomic mass is 35.5. The van der Waals surface area contributed by atoms with E-state index in [1.807, 2.05) is 13.0 Å². The molecule has 1 aromatic heterocycles. The Hall–Kier alpha value is -1.32. The molecule has 0 bridgehead atoms. The molecule has 0 aliphatic heterocycles. The van der Waals surface area contributed by atoms with Gasteiger partial charge in [-0.2, -0.15) is 0 Å². The number of nitrogen functional groups attached to an aromatic ring is 1. The molecule has 16 heavy (non-hydrogen) atoms. The van der Waals surface area contributed by atoms with Gasteiger partial charge in [-0.1, -0.05) is 17.7 Å². The third-order valence-corrected chi connectivity index (χ3v) is 3.67. The molecule has 2 nitrogen and oxygen atoms in total. The molecule has 0 aliphatic carbocycles. The maximum atomic E-state index is 12.2. The van der Waals surface area contributed by atoms with Crippen LogP contribution in [0.5, 0.6) is 0 Å². The van der Waals surface area contributed by atoms with Crippen molar-refractivity contribution >= 4 is 34.4 Å². The molecule has 1 aromatic carbocycles. The number of hydrogen-bond donors (Lipinski definition) is 1. The van der Waals surface area contributed by atoms with Crippen molar-refractivity contribution in [1.29, 1.82) is 0 Å². The molecule has 2 N–H and O–H groups in total. The minimum absolute atomic E-state index is 0.0650. The normalized spacial score (nSPS) is 10.4. The van der Waals surface area contributed by atoms with Gasteiger partial charge in [0.15, 0.2) is 0 Å². The summed E-state index contributed by atoms with van der Waals surface area (Å²) in [4.78, 5) is 12.7. The third-order valence-electron chi connectivity index (χ3n) is 2.33. The van der Waals surface area contributed by atoms with Crippen LogP contribution >= 0.6 is 22.9 Å². The number of nitrogens with two attached hydrogens (primary N) is 1. The summed E-state index contributed by atoms with van der Waals surface area (Å²) >= 11 is 7.28. The highest BCUT2D eigenvalue weighted by Gasteiger charge is 2.16. The molecule has 0 fully saturated rings. The first-order chi connectivity index (χ1) is 7.59. The molecule has 0 aliphatic rings. The maximum Gasteiger partial charge on any atom is 0.204 e. The van der Waals surface area contributed by atoms with Gasteiger partial charge in [0.2, 0.25) is 5.78 Å². The van der Waals surface area contributed by atoms with Crippen LogP contribution in [0, 0.1) is 6.92 Å². The number of thiophene rings is 1. The average molecular weight is 252 g/mol. The van der Waals surface area contributed by atoms with Crippen molar-refractivity contribution in [3.05, 3.63) is 50.7 Å². The molecule has 0 atom stereocenters. The molecule has 82 valence electrons. The molecular formula is C12H10ClNOS. The third kappa shape index (κ3) is 1.96. The summed E-state index contributed by atoms with van der Waals surface area (Å²) in [6.07, 6.45) is 0. The van der Waals surface area contributed by atoms with Crippen molar-refractivity contribution in [2.45, 2.75) is 6.92 Å². The number of carbonyl (C=O) groups excluding carboxylic acids is 1. The molecule has 2 aromatic rings. The number of ketones is 1. The minimum atomic E-state index is -0.0650. The fraction of sp³-hybridized carbons (Fsp3) is 0.0833. The Morgan fingerprint density at radius 2 is 2.12 bits per heavy atom. The van der Waals surface area contributed by atoms with Gasteiger partial charge >= 0.3 is 0 Å². The Morgan fingerprint density at radius 3 is 2.75 bits per heavy atom. The zero-order chi connectivity index (χ0) is 11.7. The average Bonchev–Trinajstić information content (AvgIpc) is 2.67.